The molecule has 1 fully saturated rings. The van der Waals surface area contributed by atoms with Crippen LogP contribution < -0.4 is 5.32 Å². The number of hydrogen-bond donors (Lipinski definition) is 1. The van der Waals surface area contributed by atoms with Crippen molar-refractivity contribution in [2.75, 3.05) is 6.54 Å². The fourth-order valence-electron chi connectivity index (χ4n) is 2.33. The molecule has 1 unspecified atom stereocenters. The van der Waals surface area contributed by atoms with Crippen molar-refractivity contribution >= 4 is 0 Å². The molecule has 3 nitrogen and oxygen atoms in total. The highest BCUT2D eigenvalue weighted by Crippen LogP contribution is 2.47. The summed E-state index contributed by atoms with van der Waals surface area (Å²) in [6.45, 7) is 12.3. The van der Waals surface area contributed by atoms with E-state index >= 15 is 0 Å². The summed E-state index contributed by atoms with van der Waals surface area (Å²) < 4.78 is 2.11. The van der Waals surface area contributed by atoms with Crippen LogP contribution in [0.2, 0.25) is 0 Å². The van der Waals surface area contributed by atoms with Crippen molar-refractivity contribution < 1.29 is 0 Å². The molecule has 19 heavy (non-hydrogen) atoms. The average Bonchev–Trinajstić information content (AvgIpc) is 2.94. The van der Waals surface area contributed by atoms with Gasteiger partial charge in [-0.1, -0.05) is 6.92 Å². The largest absolute Gasteiger partial charge is 0.312 e. The molecule has 0 aliphatic heterocycles. The zero-order valence-corrected chi connectivity index (χ0v) is 13.2. The lowest BCUT2D eigenvalue weighted by Gasteiger charge is -2.24. The van der Waals surface area contributed by atoms with Crippen molar-refractivity contribution in [3.8, 4) is 0 Å². The molecule has 1 aromatic rings. The molecule has 0 saturated heterocycles. The quantitative estimate of drug-likeness (QED) is 0.850. The van der Waals surface area contributed by atoms with Gasteiger partial charge in [-0.05, 0) is 64.9 Å². The Labute approximate surface area is 117 Å². The molecule has 0 radical (unpaired) electrons. The third-order valence-electron chi connectivity index (χ3n) is 4.21. The number of nitrogens with zero attached hydrogens (tertiary/aromatic N) is 2. The smallest absolute Gasteiger partial charge is 0.0630 e. The lowest BCUT2D eigenvalue weighted by atomic mass is 9.98. The molecule has 0 spiro atoms. The van der Waals surface area contributed by atoms with Crippen LogP contribution in [-0.2, 0) is 6.42 Å². The fourth-order valence-corrected chi connectivity index (χ4v) is 2.33. The van der Waals surface area contributed by atoms with Gasteiger partial charge in [0, 0.05) is 24.3 Å². The second-order valence-corrected chi connectivity index (χ2v) is 7.32. The minimum Gasteiger partial charge on any atom is -0.312 e. The molecule has 1 N–H and O–H groups in total. The van der Waals surface area contributed by atoms with Crippen LogP contribution in [0.3, 0.4) is 0 Å². The van der Waals surface area contributed by atoms with Gasteiger partial charge in [-0.3, -0.25) is 4.68 Å². The van der Waals surface area contributed by atoms with Crippen LogP contribution >= 0.6 is 0 Å². The Morgan fingerprint density at radius 3 is 2.63 bits per heavy atom. The van der Waals surface area contributed by atoms with Gasteiger partial charge >= 0.3 is 0 Å². The van der Waals surface area contributed by atoms with Crippen molar-refractivity contribution in [2.24, 2.45) is 5.41 Å². The molecule has 2 rings (SSSR count). The van der Waals surface area contributed by atoms with Gasteiger partial charge in [0.05, 0.1) is 5.69 Å². The molecule has 3 heteroatoms. The summed E-state index contributed by atoms with van der Waals surface area (Å²) in [6, 6.07) is 2.71. The summed E-state index contributed by atoms with van der Waals surface area (Å²) in [5, 5.41) is 8.39. The van der Waals surface area contributed by atoms with Crippen molar-refractivity contribution in [3.05, 3.63) is 18.0 Å². The van der Waals surface area contributed by atoms with E-state index in [0.29, 0.717) is 11.5 Å². The second kappa shape index (κ2) is 5.28. The molecule has 1 aliphatic rings. The first kappa shape index (κ1) is 14.6. The standard InChI is InChI=1S/C16H29N3/c1-6-13(2)19-10-7-14(18-19)11-16(8-9-16)12-17-15(3,4)5/h7,10,13,17H,6,8-9,11-12H2,1-5H3. The summed E-state index contributed by atoms with van der Waals surface area (Å²) in [7, 11) is 0. The highest BCUT2D eigenvalue weighted by Gasteiger charge is 2.43. The van der Waals surface area contributed by atoms with E-state index in [2.05, 4.69) is 56.9 Å². The topological polar surface area (TPSA) is 29.9 Å². The molecule has 1 saturated carbocycles. The molecule has 1 aromatic heterocycles. The van der Waals surface area contributed by atoms with Gasteiger partial charge < -0.3 is 5.32 Å². The third-order valence-corrected chi connectivity index (χ3v) is 4.21. The van der Waals surface area contributed by atoms with Gasteiger partial charge in [0.2, 0.25) is 0 Å². The maximum atomic E-state index is 4.74. The number of hydrogen-bond acceptors (Lipinski definition) is 2. The monoisotopic (exact) mass is 263 g/mol. The van der Waals surface area contributed by atoms with Gasteiger partial charge in [0.25, 0.3) is 0 Å². The van der Waals surface area contributed by atoms with E-state index in [-0.39, 0.29) is 5.54 Å². The van der Waals surface area contributed by atoms with Crippen LogP contribution in [0.1, 0.15) is 65.6 Å². The Bertz CT molecular complexity index is 410. The Morgan fingerprint density at radius 2 is 2.11 bits per heavy atom. The van der Waals surface area contributed by atoms with Crippen molar-refractivity contribution in [1.82, 2.24) is 15.1 Å². The highest BCUT2D eigenvalue weighted by molar-refractivity contribution is 5.09. The first-order valence-corrected chi connectivity index (χ1v) is 7.63. The van der Waals surface area contributed by atoms with Gasteiger partial charge in [-0.25, -0.2) is 0 Å². The zero-order chi connectivity index (χ0) is 14.1. The van der Waals surface area contributed by atoms with Crippen LogP contribution in [0.4, 0.5) is 0 Å². The van der Waals surface area contributed by atoms with E-state index < -0.39 is 0 Å². The highest BCUT2D eigenvalue weighted by atomic mass is 15.3. The summed E-state index contributed by atoms with van der Waals surface area (Å²) >= 11 is 0. The Hall–Kier alpha value is -0.830. The first-order chi connectivity index (χ1) is 8.84. The molecular weight excluding hydrogens is 234 g/mol. The van der Waals surface area contributed by atoms with Crippen LogP contribution in [0.25, 0.3) is 0 Å². The van der Waals surface area contributed by atoms with E-state index in [1.807, 2.05) is 0 Å². The predicted octanol–water partition coefficient (Wildman–Crippen LogP) is 3.56. The van der Waals surface area contributed by atoms with E-state index in [9.17, 15) is 0 Å². The van der Waals surface area contributed by atoms with Crippen molar-refractivity contribution in [2.45, 2.75) is 71.9 Å². The van der Waals surface area contributed by atoms with Gasteiger partial charge in [0.15, 0.2) is 0 Å². The molecule has 0 amide bonds. The van der Waals surface area contributed by atoms with Crippen molar-refractivity contribution in [3.63, 3.8) is 0 Å². The second-order valence-electron chi connectivity index (χ2n) is 7.32. The third kappa shape index (κ3) is 4.07. The average molecular weight is 263 g/mol. The minimum atomic E-state index is 0.214. The zero-order valence-electron chi connectivity index (χ0n) is 13.2. The molecular formula is C16H29N3. The SMILES string of the molecule is CCC(C)n1ccc(CC2(CNC(C)(C)C)CC2)n1. The summed E-state index contributed by atoms with van der Waals surface area (Å²) in [5.74, 6) is 0. The lowest BCUT2D eigenvalue weighted by molar-refractivity contribution is 0.353. The van der Waals surface area contributed by atoms with Crippen LogP contribution in [0.15, 0.2) is 12.3 Å². The van der Waals surface area contributed by atoms with Gasteiger partial charge in [0.1, 0.15) is 0 Å². The fraction of sp³-hybridized carbons (Fsp3) is 0.812. The van der Waals surface area contributed by atoms with Crippen LogP contribution in [0.5, 0.6) is 0 Å². The molecule has 0 aromatic carbocycles. The molecule has 1 atom stereocenters. The van der Waals surface area contributed by atoms with Gasteiger partial charge in [-0.15, -0.1) is 0 Å². The van der Waals surface area contributed by atoms with E-state index in [4.69, 9.17) is 5.10 Å². The number of nitrogens with one attached hydrogen (secondary N) is 1. The maximum absolute atomic E-state index is 4.74. The Morgan fingerprint density at radius 1 is 1.42 bits per heavy atom. The van der Waals surface area contributed by atoms with Crippen LogP contribution in [0, 0.1) is 5.41 Å². The Kier molecular flexibility index (Phi) is 4.05. The Balaban J connectivity index is 1.92. The lowest BCUT2D eigenvalue weighted by Crippen LogP contribution is -2.40. The number of rotatable bonds is 6. The van der Waals surface area contributed by atoms with E-state index in [0.717, 1.165) is 19.4 Å². The van der Waals surface area contributed by atoms with Crippen LogP contribution in [-0.4, -0.2) is 21.9 Å². The number of aromatic nitrogens is 2. The molecule has 0 bridgehead atoms. The maximum Gasteiger partial charge on any atom is 0.0630 e. The summed E-state index contributed by atoms with van der Waals surface area (Å²) in [4.78, 5) is 0. The van der Waals surface area contributed by atoms with Gasteiger partial charge in [-0.2, -0.15) is 5.10 Å². The summed E-state index contributed by atoms with van der Waals surface area (Å²) in [5.41, 5.74) is 1.95. The summed E-state index contributed by atoms with van der Waals surface area (Å²) in [6.07, 6.45) is 7.08. The molecule has 1 aliphatic carbocycles. The van der Waals surface area contributed by atoms with E-state index in [1.165, 1.54) is 18.5 Å². The molecule has 108 valence electrons. The van der Waals surface area contributed by atoms with Crippen molar-refractivity contribution in [1.29, 1.82) is 0 Å². The molecule has 1 heterocycles. The normalized spacial score (nSPS) is 19.4. The first-order valence-electron chi connectivity index (χ1n) is 7.63. The van der Waals surface area contributed by atoms with E-state index in [1.54, 1.807) is 0 Å². The predicted molar refractivity (Wildman–Crippen MR) is 80.4 cm³/mol. The minimum absolute atomic E-state index is 0.214.